The Morgan fingerprint density at radius 2 is 1.89 bits per heavy atom. The molecule has 0 aromatic heterocycles. The molecule has 2 rings (SSSR count). The van der Waals surface area contributed by atoms with E-state index in [1.165, 1.54) is 0 Å². The molecule has 1 unspecified atom stereocenters. The van der Waals surface area contributed by atoms with Crippen LogP contribution in [0.2, 0.25) is 5.02 Å². The summed E-state index contributed by atoms with van der Waals surface area (Å²) in [6.07, 6.45) is 0. The highest BCUT2D eigenvalue weighted by Crippen LogP contribution is 2.29. The zero-order valence-electron chi connectivity index (χ0n) is 10.1. The van der Waals surface area contributed by atoms with Gasteiger partial charge in [0.15, 0.2) is 0 Å². The first-order chi connectivity index (χ1) is 8.97. The highest BCUT2D eigenvalue weighted by atomic mass is 79.9. The average molecular weight is 347 g/mol. The Balaban J connectivity index is 2.25. The van der Waals surface area contributed by atoms with E-state index in [1.807, 2.05) is 19.1 Å². The van der Waals surface area contributed by atoms with Crippen molar-refractivity contribution in [2.24, 2.45) is 0 Å². The van der Waals surface area contributed by atoms with Gasteiger partial charge in [0, 0.05) is 9.50 Å². The summed E-state index contributed by atoms with van der Waals surface area (Å²) >= 11 is 9.44. The third-order valence-corrected chi connectivity index (χ3v) is 3.55. The van der Waals surface area contributed by atoms with Gasteiger partial charge in [0.1, 0.15) is 11.6 Å². The number of anilines is 1. The van der Waals surface area contributed by atoms with Crippen LogP contribution in [0.15, 0.2) is 40.9 Å². The molecule has 0 amide bonds. The van der Waals surface area contributed by atoms with Gasteiger partial charge in [-0.2, -0.15) is 0 Å². The second-order valence-corrected chi connectivity index (χ2v) is 5.48. The highest BCUT2D eigenvalue weighted by Gasteiger charge is 2.12. The van der Waals surface area contributed by atoms with E-state index in [0.29, 0.717) is 5.02 Å². The van der Waals surface area contributed by atoms with E-state index < -0.39 is 11.6 Å². The van der Waals surface area contributed by atoms with Crippen molar-refractivity contribution in [3.05, 3.63) is 63.1 Å². The van der Waals surface area contributed by atoms with Gasteiger partial charge in [-0.25, -0.2) is 8.78 Å². The monoisotopic (exact) mass is 345 g/mol. The van der Waals surface area contributed by atoms with Crippen molar-refractivity contribution >= 4 is 33.2 Å². The standard InChI is InChI=1S/C14H11BrClF2N/c1-8(11-4-2-9(15)6-12(11)16)19-14-7-10(17)3-5-13(14)18/h2-8,19H,1H3. The Morgan fingerprint density at radius 1 is 1.16 bits per heavy atom. The summed E-state index contributed by atoms with van der Waals surface area (Å²) < 4.78 is 27.5. The van der Waals surface area contributed by atoms with Gasteiger partial charge in [-0.15, -0.1) is 0 Å². The molecule has 0 saturated heterocycles. The molecule has 1 N–H and O–H groups in total. The lowest BCUT2D eigenvalue weighted by atomic mass is 10.1. The third kappa shape index (κ3) is 3.45. The SMILES string of the molecule is CC(Nc1cc(F)ccc1F)c1ccc(Br)cc1Cl. The largest absolute Gasteiger partial charge is 0.376 e. The number of hydrogen-bond acceptors (Lipinski definition) is 1. The number of nitrogens with one attached hydrogen (secondary N) is 1. The number of halogens is 4. The van der Waals surface area contributed by atoms with Gasteiger partial charge >= 0.3 is 0 Å². The molecule has 2 aromatic rings. The lowest BCUT2D eigenvalue weighted by molar-refractivity contribution is 0.600. The van der Waals surface area contributed by atoms with Crippen molar-refractivity contribution < 1.29 is 8.78 Å². The van der Waals surface area contributed by atoms with Gasteiger partial charge in [0.05, 0.1) is 11.7 Å². The van der Waals surface area contributed by atoms with Crippen molar-refractivity contribution in [3.63, 3.8) is 0 Å². The Kier molecular flexibility index (Phi) is 4.42. The predicted octanol–water partition coefficient (Wildman–Crippen LogP) is 5.55. The van der Waals surface area contributed by atoms with Crippen LogP contribution in [0.1, 0.15) is 18.5 Å². The third-order valence-electron chi connectivity index (χ3n) is 2.73. The van der Waals surface area contributed by atoms with Gasteiger partial charge in [0.25, 0.3) is 0 Å². The lowest BCUT2D eigenvalue weighted by Crippen LogP contribution is -2.08. The first-order valence-corrected chi connectivity index (χ1v) is 6.81. The van der Waals surface area contributed by atoms with Crippen LogP contribution < -0.4 is 5.32 Å². The van der Waals surface area contributed by atoms with Crippen LogP contribution in [0.4, 0.5) is 14.5 Å². The minimum Gasteiger partial charge on any atom is -0.376 e. The number of rotatable bonds is 3. The molecule has 0 radical (unpaired) electrons. The molecule has 0 heterocycles. The summed E-state index contributed by atoms with van der Waals surface area (Å²) in [5, 5.41) is 3.47. The molecule has 0 bridgehead atoms. The van der Waals surface area contributed by atoms with E-state index in [0.717, 1.165) is 28.2 Å². The topological polar surface area (TPSA) is 12.0 Å². The minimum atomic E-state index is -0.499. The number of benzene rings is 2. The van der Waals surface area contributed by atoms with Crippen molar-refractivity contribution in [1.82, 2.24) is 0 Å². The minimum absolute atomic E-state index is 0.117. The zero-order valence-corrected chi connectivity index (χ0v) is 12.4. The van der Waals surface area contributed by atoms with Gasteiger partial charge < -0.3 is 5.32 Å². The summed E-state index contributed by atoms with van der Waals surface area (Å²) in [4.78, 5) is 0. The van der Waals surface area contributed by atoms with Crippen molar-refractivity contribution in [2.75, 3.05) is 5.32 Å². The lowest BCUT2D eigenvalue weighted by Gasteiger charge is -2.17. The van der Waals surface area contributed by atoms with Gasteiger partial charge in [-0.05, 0) is 42.8 Å². The quantitative estimate of drug-likeness (QED) is 0.768. The molecule has 0 saturated carbocycles. The van der Waals surface area contributed by atoms with E-state index in [-0.39, 0.29) is 11.7 Å². The van der Waals surface area contributed by atoms with E-state index in [1.54, 1.807) is 6.07 Å². The molecule has 1 nitrogen and oxygen atoms in total. The highest BCUT2D eigenvalue weighted by molar-refractivity contribution is 9.10. The van der Waals surface area contributed by atoms with E-state index in [4.69, 9.17) is 11.6 Å². The summed E-state index contributed by atoms with van der Waals surface area (Å²) in [6, 6.07) is 8.50. The van der Waals surface area contributed by atoms with E-state index >= 15 is 0 Å². The Labute approximate surface area is 123 Å². The van der Waals surface area contributed by atoms with Crippen molar-refractivity contribution in [1.29, 1.82) is 0 Å². The molecule has 1 atom stereocenters. The fourth-order valence-electron chi connectivity index (χ4n) is 1.77. The molecule has 0 aliphatic rings. The molecule has 0 aliphatic carbocycles. The first kappa shape index (κ1) is 14.3. The van der Waals surface area contributed by atoms with Gasteiger partial charge in [-0.3, -0.25) is 0 Å². The number of hydrogen-bond donors (Lipinski definition) is 1. The maximum Gasteiger partial charge on any atom is 0.146 e. The predicted molar refractivity (Wildman–Crippen MR) is 77.5 cm³/mol. The fourth-order valence-corrected chi connectivity index (χ4v) is 2.61. The Bertz CT molecular complexity index is 604. The van der Waals surface area contributed by atoms with Crippen LogP contribution in [0.25, 0.3) is 0 Å². The van der Waals surface area contributed by atoms with Gasteiger partial charge in [0.2, 0.25) is 0 Å². The van der Waals surface area contributed by atoms with Crippen LogP contribution in [-0.2, 0) is 0 Å². The summed E-state index contributed by atoms with van der Waals surface area (Å²) in [5.41, 5.74) is 0.931. The van der Waals surface area contributed by atoms with Crippen LogP contribution in [0, 0.1) is 11.6 Å². The zero-order chi connectivity index (χ0) is 14.0. The molecule has 2 aromatic carbocycles. The summed E-state index contributed by atoms with van der Waals surface area (Å²) in [7, 11) is 0. The second kappa shape index (κ2) is 5.88. The second-order valence-electron chi connectivity index (χ2n) is 4.16. The van der Waals surface area contributed by atoms with Gasteiger partial charge in [-0.1, -0.05) is 33.6 Å². The fraction of sp³-hybridized carbons (Fsp3) is 0.143. The summed E-state index contributed by atoms with van der Waals surface area (Å²) in [6.45, 7) is 1.83. The maximum absolute atomic E-state index is 13.5. The molecular weight excluding hydrogens is 336 g/mol. The van der Waals surface area contributed by atoms with Crippen LogP contribution >= 0.6 is 27.5 Å². The molecule has 5 heteroatoms. The van der Waals surface area contributed by atoms with E-state index in [2.05, 4.69) is 21.2 Å². The molecule has 0 fully saturated rings. The summed E-state index contributed by atoms with van der Waals surface area (Å²) in [5.74, 6) is -0.987. The van der Waals surface area contributed by atoms with Crippen LogP contribution in [0.5, 0.6) is 0 Å². The Hall–Kier alpha value is -1.13. The molecular formula is C14H11BrClF2N. The van der Waals surface area contributed by atoms with Crippen LogP contribution in [0.3, 0.4) is 0 Å². The molecule has 19 heavy (non-hydrogen) atoms. The van der Waals surface area contributed by atoms with Crippen molar-refractivity contribution in [2.45, 2.75) is 13.0 Å². The van der Waals surface area contributed by atoms with E-state index in [9.17, 15) is 8.78 Å². The Morgan fingerprint density at radius 3 is 2.58 bits per heavy atom. The smallest absolute Gasteiger partial charge is 0.146 e. The maximum atomic E-state index is 13.5. The molecule has 0 aliphatic heterocycles. The first-order valence-electron chi connectivity index (χ1n) is 5.64. The normalized spacial score (nSPS) is 12.3. The molecule has 0 spiro atoms. The van der Waals surface area contributed by atoms with Crippen LogP contribution in [-0.4, -0.2) is 0 Å². The molecule has 100 valence electrons. The average Bonchev–Trinajstić information content (AvgIpc) is 2.33. The van der Waals surface area contributed by atoms with Crippen molar-refractivity contribution in [3.8, 4) is 0 Å².